The highest BCUT2D eigenvalue weighted by Gasteiger charge is 2.68. The van der Waals surface area contributed by atoms with Crippen LogP contribution in [0.25, 0.3) is 0 Å². The van der Waals surface area contributed by atoms with Gasteiger partial charge in [0, 0.05) is 32.3 Å². The summed E-state index contributed by atoms with van der Waals surface area (Å²) in [5.74, 6) is -1.04. The highest BCUT2D eigenvalue weighted by molar-refractivity contribution is 9.10. The Labute approximate surface area is 203 Å². The van der Waals surface area contributed by atoms with Crippen LogP contribution in [-0.2, 0) is 16.9 Å². The van der Waals surface area contributed by atoms with Crippen LogP contribution in [0.15, 0.2) is 71.2 Å². The van der Waals surface area contributed by atoms with E-state index < -0.39 is 29.4 Å². The molecule has 0 aromatic heterocycles. The molecule has 4 atom stereocenters. The van der Waals surface area contributed by atoms with Crippen LogP contribution in [0.4, 0.5) is 10.1 Å². The Morgan fingerprint density at radius 1 is 1.15 bits per heavy atom. The predicted molar refractivity (Wildman–Crippen MR) is 128 cm³/mol. The van der Waals surface area contributed by atoms with Crippen molar-refractivity contribution in [2.45, 2.75) is 37.1 Å². The fourth-order valence-electron chi connectivity index (χ4n) is 5.22. The number of carbonyl (C=O) groups is 1. The van der Waals surface area contributed by atoms with Gasteiger partial charge in [0.2, 0.25) is 0 Å². The number of para-hydroxylation sites is 1. The Kier molecular flexibility index (Phi) is 5.61. The van der Waals surface area contributed by atoms with Crippen molar-refractivity contribution in [2.24, 2.45) is 0 Å². The molecule has 0 aliphatic carbocycles. The molecule has 5 rings (SSSR count). The first kappa shape index (κ1) is 22.5. The number of hydrogen-bond donors (Lipinski definition) is 2. The first-order valence-corrected chi connectivity index (χ1v) is 11.6. The number of halogens is 2. The number of nitrogens with zero attached hydrogens (tertiary/aromatic N) is 1. The summed E-state index contributed by atoms with van der Waals surface area (Å²) in [6.07, 6.45) is 0. The van der Waals surface area contributed by atoms with E-state index in [2.05, 4.69) is 26.6 Å². The smallest absolute Gasteiger partial charge is 0.256 e. The minimum absolute atomic E-state index is 0.0957. The molecule has 0 bridgehead atoms. The van der Waals surface area contributed by atoms with Gasteiger partial charge >= 0.3 is 0 Å². The Balaban J connectivity index is 1.58. The lowest BCUT2D eigenvalue weighted by atomic mass is 9.78. The van der Waals surface area contributed by atoms with E-state index >= 15 is 0 Å². The van der Waals surface area contributed by atoms with Crippen LogP contribution in [0.2, 0.25) is 0 Å². The number of fused-ring (bicyclic) bond motifs is 2. The van der Waals surface area contributed by atoms with Gasteiger partial charge in [0.15, 0.2) is 5.54 Å². The third-order valence-corrected chi connectivity index (χ3v) is 7.07. The van der Waals surface area contributed by atoms with Gasteiger partial charge < -0.3 is 10.1 Å². The Bertz CT molecular complexity index is 1300. The SMILES string of the molecule is C[C@@H]1N[C@]2(C(=O)Nc3ccccc32)[C@H]([N+](=O)[O-])[C@H]1c1cc(Br)ccc1OCc1cccc(F)c1. The predicted octanol–water partition coefficient (Wildman–Crippen LogP) is 4.74. The normalized spacial score (nSPS) is 25.3. The molecule has 0 radical (unpaired) electrons. The van der Waals surface area contributed by atoms with Gasteiger partial charge in [0.1, 0.15) is 18.2 Å². The van der Waals surface area contributed by atoms with Crippen molar-refractivity contribution in [3.63, 3.8) is 0 Å². The molecular weight excluding hydrogens is 505 g/mol. The molecule has 0 saturated carbocycles. The molecular formula is C25H21BrFN3O4. The highest BCUT2D eigenvalue weighted by atomic mass is 79.9. The first-order chi connectivity index (χ1) is 16.3. The summed E-state index contributed by atoms with van der Waals surface area (Å²) in [6, 6.07) is 16.7. The molecule has 1 saturated heterocycles. The third-order valence-electron chi connectivity index (χ3n) is 6.58. The molecule has 1 fully saturated rings. The van der Waals surface area contributed by atoms with Gasteiger partial charge in [-0.25, -0.2) is 4.39 Å². The summed E-state index contributed by atoms with van der Waals surface area (Å²) >= 11 is 3.46. The number of ether oxygens (including phenoxy) is 1. The van der Waals surface area contributed by atoms with E-state index in [9.17, 15) is 19.3 Å². The van der Waals surface area contributed by atoms with E-state index in [4.69, 9.17) is 4.74 Å². The average molecular weight is 526 g/mol. The zero-order valence-corrected chi connectivity index (χ0v) is 19.7. The van der Waals surface area contributed by atoms with Crippen molar-refractivity contribution >= 4 is 27.5 Å². The molecule has 1 spiro atoms. The van der Waals surface area contributed by atoms with Crippen molar-refractivity contribution in [3.8, 4) is 5.75 Å². The lowest BCUT2D eigenvalue weighted by molar-refractivity contribution is -0.532. The number of anilines is 1. The van der Waals surface area contributed by atoms with Gasteiger partial charge in [-0.3, -0.25) is 20.2 Å². The second kappa shape index (κ2) is 8.48. The van der Waals surface area contributed by atoms with Crippen LogP contribution in [0.1, 0.15) is 29.5 Å². The molecule has 2 aliphatic heterocycles. The number of nitro groups is 1. The van der Waals surface area contributed by atoms with Gasteiger partial charge in [-0.2, -0.15) is 0 Å². The molecule has 2 heterocycles. The molecule has 9 heteroatoms. The van der Waals surface area contributed by atoms with Crippen LogP contribution < -0.4 is 15.4 Å². The van der Waals surface area contributed by atoms with Crippen LogP contribution in [-0.4, -0.2) is 22.9 Å². The third kappa shape index (κ3) is 3.56. The molecule has 34 heavy (non-hydrogen) atoms. The van der Waals surface area contributed by atoms with E-state index in [1.54, 1.807) is 54.6 Å². The number of benzene rings is 3. The van der Waals surface area contributed by atoms with Gasteiger partial charge in [0.25, 0.3) is 11.9 Å². The van der Waals surface area contributed by atoms with E-state index in [1.165, 1.54) is 12.1 Å². The van der Waals surface area contributed by atoms with Crippen LogP contribution >= 0.6 is 15.9 Å². The lowest BCUT2D eigenvalue weighted by Crippen LogP contribution is -2.54. The van der Waals surface area contributed by atoms with Crippen molar-refractivity contribution < 1.29 is 18.8 Å². The Hall–Kier alpha value is -3.30. The summed E-state index contributed by atoms with van der Waals surface area (Å²) in [5, 5.41) is 18.6. The zero-order valence-electron chi connectivity index (χ0n) is 18.1. The minimum Gasteiger partial charge on any atom is -0.489 e. The van der Waals surface area contributed by atoms with Crippen molar-refractivity contribution in [1.29, 1.82) is 0 Å². The molecule has 7 nitrogen and oxygen atoms in total. The standard InChI is InChI=1S/C25H21BrFN3O4/c1-14-22(18-12-16(26)9-10-21(18)34-13-15-5-4-6-17(27)11-15)23(30(32)33)25(29-14)19-7-2-3-8-20(19)28-24(25)31/h2-12,14,22-23,29H,13H2,1H3,(H,28,31)/t14-,22+,23+,25-/m0/s1. The van der Waals surface area contributed by atoms with E-state index in [0.29, 0.717) is 28.1 Å². The fraction of sp³-hybridized carbons (Fsp3) is 0.240. The molecule has 2 N–H and O–H groups in total. The van der Waals surface area contributed by atoms with E-state index in [-0.39, 0.29) is 17.3 Å². The minimum atomic E-state index is -1.51. The first-order valence-electron chi connectivity index (χ1n) is 10.8. The van der Waals surface area contributed by atoms with Gasteiger partial charge in [-0.15, -0.1) is 0 Å². The number of nitrogens with one attached hydrogen (secondary N) is 2. The summed E-state index contributed by atoms with van der Waals surface area (Å²) in [6.45, 7) is 1.93. The zero-order chi connectivity index (χ0) is 24.0. The van der Waals surface area contributed by atoms with Crippen LogP contribution in [0.3, 0.4) is 0 Å². The number of rotatable bonds is 5. The Morgan fingerprint density at radius 3 is 2.71 bits per heavy atom. The summed E-state index contributed by atoms with van der Waals surface area (Å²) in [4.78, 5) is 25.4. The summed E-state index contributed by atoms with van der Waals surface area (Å²) in [7, 11) is 0. The summed E-state index contributed by atoms with van der Waals surface area (Å²) < 4.78 is 20.4. The maximum atomic E-state index is 13.6. The fourth-order valence-corrected chi connectivity index (χ4v) is 5.60. The summed E-state index contributed by atoms with van der Waals surface area (Å²) in [5.41, 5.74) is 0.857. The number of hydrogen-bond acceptors (Lipinski definition) is 5. The van der Waals surface area contributed by atoms with Crippen molar-refractivity contribution in [2.75, 3.05) is 5.32 Å². The quantitative estimate of drug-likeness (QED) is 0.370. The highest BCUT2D eigenvalue weighted by Crippen LogP contribution is 2.51. The maximum absolute atomic E-state index is 13.6. The number of carbonyl (C=O) groups excluding carboxylic acids is 1. The average Bonchev–Trinajstić information content (AvgIpc) is 3.26. The molecule has 3 aromatic carbocycles. The van der Waals surface area contributed by atoms with Crippen LogP contribution in [0.5, 0.6) is 5.75 Å². The van der Waals surface area contributed by atoms with Crippen molar-refractivity contribution in [3.05, 3.63) is 104 Å². The molecule has 3 aromatic rings. The van der Waals surface area contributed by atoms with Crippen molar-refractivity contribution in [1.82, 2.24) is 5.32 Å². The second-order valence-corrected chi connectivity index (χ2v) is 9.51. The largest absolute Gasteiger partial charge is 0.489 e. The topological polar surface area (TPSA) is 93.5 Å². The molecule has 1 amide bonds. The Morgan fingerprint density at radius 2 is 1.94 bits per heavy atom. The monoisotopic (exact) mass is 525 g/mol. The molecule has 174 valence electrons. The molecule has 2 aliphatic rings. The van der Waals surface area contributed by atoms with E-state index in [0.717, 1.165) is 4.47 Å². The maximum Gasteiger partial charge on any atom is 0.256 e. The van der Waals surface area contributed by atoms with Gasteiger partial charge in [0.05, 0.1) is 5.92 Å². The van der Waals surface area contributed by atoms with Gasteiger partial charge in [-0.1, -0.05) is 46.3 Å². The van der Waals surface area contributed by atoms with E-state index in [1.807, 2.05) is 6.92 Å². The second-order valence-electron chi connectivity index (χ2n) is 8.60. The molecule has 0 unspecified atom stereocenters. The lowest BCUT2D eigenvalue weighted by Gasteiger charge is -2.26. The van der Waals surface area contributed by atoms with Gasteiger partial charge in [-0.05, 0) is 48.9 Å². The van der Waals surface area contributed by atoms with Crippen LogP contribution in [0, 0.1) is 15.9 Å². The number of amides is 1.